The van der Waals surface area contributed by atoms with E-state index in [0.29, 0.717) is 17.1 Å². The van der Waals surface area contributed by atoms with Crippen molar-refractivity contribution in [2.24, 2.45) is 0 Å². The van der Waals surface area contributed by atoms with E-state index in [9.17, 15) is 9.90 Å². The van der Waals surface area contributed by atoms with Gasteiger partial charge in [-0.25, -0.2) is 0 Å². The van der Waals surface area contributed by atoms with E-state index in [1.165, 1.54) is 0 Å². The number of aldehydes is 1. The fourth-order valence-corrected chi connectivity index (χ4v) is 2.00. The van der Waals surface area contributed by atoms with Crippen molar-refractivity contribution in [1.82, 2.24) is 0 Å². The largest absolute Gasteiger partial charge is 0.389 e. The number of halogens is 1. The van der Waals surface area contributed by atoms with Gasteiger partial charge in [-0.1, -0.05) is 11.6 Å². The molecule has 17 heavy (non-hydrogen) atoms. The van der Waals surface area contributed by atoms with Crippen LogP contribution in [0.25, 0.3) is 0 Å². The minimum absolute atomic E-state index is 0.490. The van der Waals surface area contributed by atoms with Crippen molar-refractivity contribution in [2.45, 2.75) is 26.4 Å². The average Bonchev–Trinajstić information content (AvgIpc) is 2.24. The molecule has 0 aromatic heterocycles. The van der Waals surface area contributed by atoms with Gasteiger partial charge >= 0.3 is 0 Å². The third-order valence-corrected chi connectivity index (χ3v) is 2.71. The van der Waals surface area contributed by atoms with Crippen molar-refractivity contribution in [3.63, 3.8) is 0 Å². The van der Waals surface area contributed by atoms with E-state index >= 15 is 0 Å². The predicted molar refractivity (Wildman–Crippen MR) is 71.0 cm³/mol. The predicted octanol–water partition coefficient (Wildman–Crippen LogP) is 2.75. The first kappa shape index (κ1) is 14.0. The van der Waals surface area contributed by atoms with Crippen LogP contribution in [-0.2, 0) is 0 Å². The second kappa shape index (κ2) is 5.52. The number of carbonyl (C=O) groups excluding carboxylic acids is 1. The molecule has 0 radical (unpaired) electrons. The molecule has 0 atom stereocenters. The van der Waals surface area contributed by atoms with Crippen molar-refractivity contribution in [3.8, 4) is 0 Å². The summed E-state index contributed by atoms with van der Waals surface area (Å²) in [4.78, 5) is 12.6. The summed E-state index contributed by atoms with van der Waals surface area (Å²) in [7, 11) is 0. The van der Waals surface area contributed by atoms with Gasteiger partial charge in [0, 0.05) is 18.7 Å². The summed E-state index contributed by atoms with van der Waals surface area (Å²) in [5.41, 5.74) is 0.600. The van der Waals surface area contributed by atoms with Gasteiger partial charge < -0.3 is 10.0 Å². The Morgan fingerprint density at radius 1 is 1.47 bits per heavy atom. The number of benzene rings is 1. The highest BCUT2D eigenvalue weighted by Crippen LogP contribution is 2.27. The Hall–Kier alpha value is -1.06. The first-order valence-electron chi connectivity index (χ1n) is 5.59. The fourth-order valence-electron chi connectivity index (χ4n) is 1.69. The number of anilines is 1. The number of aliphatic hydroxyl groups is 1. The van der Waals surface area contributed by atoms with Crippen LogP contribution < -0.4 is 4.90 Å². The normalized spacial score (nSPS) is 11.4. The molecule has 4 heteroatoms. The Labute approximate surface area is 107 Å². The lowest BCUT2D eigenvalue weighted by Crippen LogP contribution is -2.38. The van der Waals surface area contributed by atoms with E-state index in [1.807, 2.05) is 11.8 Å². The second-order valence-electron chi connectivity index (χ2n) is 4.66. The smallest absolute Gasteiger partial charge is 0.150 e. The zero-order valence-electron chi connectivity index (χ0n) is 10.4. The van der Waals surface area contributed by atoms with Gasteiger partial charge in [-0.05, 0) is 39.0 Å². The van der Waals surface area contributed by atoms with Gasteiger partial charge in [-0.15, -0.1) is 0 Å². The lowest BCUT2D eigenvalue weighted by atomic mass is 10.1. The molecule has 1 aromatic carbocycles. The highest BCUT2D eigenvalue weighted by molar-refractivity contribution is 6.33. The van der Waals surface area contributed by atoms with Crippen molar-refractivity contribution in [3.05, 3.63) is 28.8 Å². The summed E-state index contributed by atoms with van der Waals surface area (Å²) >= 11 is 6.13. The standard InChI is InChI=1S/C13H18ClNO2/c1-4-15(9-13(2,3)17)12-6-5-10(8-16)7-11(12)14/h5-8,17H,4,9H2,1-3H3. The second-order valence-corrected chi connectivity index (χ2v) is 5.06. The van der Waals surface area contributed by atoms with Gasteiger partial charge in [0.25, 0.3) is 0 Å². The molecule has 0 saturated heterocycles. The van der Waals surface area contributed by atoms with Gasteiger partial charge in [0.15, 0.2) is 0 Å². The highest BCUT2D eigenvalue weighted by Gasteiger charge is 2.19. The Bertz CT molecular complexity index is 399. The van der Waals surface area contributed by atoms with Crippen LogP contribution in [0.2, 0.25) is 5.02 Å². The Morgan fingerprint density at radius 2 is 2.12 bits per heavy atom. The summed E-state index contributed by atoms with van der Waals surface area (Å²) in [6.45, 7) is 6.73. The maximum atomic E-state index is 10.6. The fraction of sp³-hybridized carbons (Fsp3) is 0.462. The number of nitrogens with zero attached hydrogens (tertiary/aromatic N) is 1. The zero-order valence-corrected chi connectivity index (χ0v) is 11.2. The number of hydrogen-bond acceptors (Lipinski definition) is 3. The van der Waals surface area contributed by atoms with E-state index in [4.69, 9.17) is 11.6 Å². The SMILES string of the molecule is CCN(CC(C)(C)O)c1ccc(C=O)cc1Cl. The van der Waals surface area contributed by atoms with Crippen LogP contribution in [0.5, 0.6) is 0 Å². The molecule has 0 aliphatic carbocycles. The van der Waals surface area contributed by atoms with E-state index in [0.717, 1.165) is 18.5 Å². The van der Waals surface area contributed by atoms with Gasteiger partial charge in [0.05, 0.1) is 16.3 Å². The lowest BCUT2D eigenvalue weighted by molar-refractivity contribution is 0.0875. The van der Waals surface area contributed by atoms with Crippen LogP contribution in [0.3, 0.4) is 0 Å². The molecule has 0 saturated carbocycles. The highest BCUT2D eigenvalue weighted by atomic mass is 35.5. The topological polar surface area (TPSA) is 40.5 Å². The molecule has 0 spiro atoms. The van der Waals surface area contributed by atoms with Crippen LogP contribution in [0.4, 0.5) is 5.69 Å². The van der Waals surface area contributed by atoms with E-state index < -0.39 is 5.60 Å². The van der Waals surface area contributed by atoms with E-state index in [-0.39, 0.29) is 0 Å². The molecular weight excluding hydrogens is 238 g/mol. The van der Waals surface area contributed by atoms with Crippen molar-refractivity contribution < 1.29 is 9.90 Å². The molecule has 1 N–H and O–H groups in total. The first-order valence-corrected chi connectivity index (χ1v) is 5.97. The maximum absolute atomic E-state index is 10.6. The number of likely N-dealkylation sites (N-methyl/N-ethyl adjacent to an activating group) is 1. The summed E-state index contributed by atoms with van der Waals surface area (Å²) in [5, 5.41) is 10.4. The summed E-state index contributed by atoms with van der Waals surface area (Å²) in [6.07, 6.45) is 0.766. The van der Waals surface area contributed by atoms with Crippen LogP contribution in [-0.4, -0.2) is 30.1 Å². The zero-order chi connectivity index (χ0) is 13.1. The third kappa shape index (κ3) is 4.02. The Kier molecular flexibility index (Phi) is 4.54. The van der Waals surface area contributed by atoms with Crippen LogP contribution in [0.1, 0.15) is 31.1 Å². The molecule has 0 fully saturated rings. The first-order chi connectivity index (χ1) is 7.87. The van der Waals surface area contributed by atoms with E-state index in [2.05, 4.69) is 0 Å². The molecule has 0 heterocycles. The summed E-state index contributed by atoms with van der Waals surface area (Å²) in [5.74, 6) is 0. The molecule has 1 aromatic rings. The molecule has 0 amide bonds. The molecule has 0 unspecified atom stereocenters. The van der Waals surface area contributed by atoms with Gasteiger partial charge in [-0.2, -0.15) is 0 Å². The maximum Gasteiger partial charge on any atom is 0.150 e. The molecule has 0 aliphatic rings. The third-order valence-electron chi connectivity index (χ3n) is 2.41. The average molecular weight is 256 g/mol. The number of carbonyl (C=O) groups is 1. The van der Waals surface area contributed by atoms with E-state index in [1.54, 1.807) is 32.0 Å². The Balaban J connectivity index is 3.00. The van der Waals surface area contributed by atoms with Crippen molar-refractivity contribution >= 4 is 23.6 Å². The monoisotopic (exact) mass is 255 g/mol. The summed E-state index contributed by atoms with van der Waals surface area (Å²) < 4.78 is 0. The van der Waals surface area contributed by atoms with Gasteiger partial charge in [-0.3, -0.25) is 4.79 Å². The van der Waals surface area contributed by atoms with Gasteiger partial charge in [0.1, 0.15) is 6.29 Å². The van der Waals surface area contributed by atoms with Crippen LogP contribution in [0, 0.1) is 0 Å². The molecular formula is C13H18ClNO2. The number of hydrogen-bond donors (Lipinski definition) is 1. The molecule has 3 nitrogen and oxygen atoms in total. The molecule has 94 valence electrons. The number of rotatable bonds is 5. The van der Waals surface area contributed by atoms with Crippen LogP contribution in [0.15, 0.2) is 18.2 Å². The Morgan fingerprint density at radius 3 is 2.53 bits per heavy atom. The summed E-state index contributed by atoms with van der Waals surface area (Å²) in [6, 6.07) is 5.17. The minimum Gasteiger partial charge on any atom is -0.389 e. The lowest BCUT2D eigenvalue weighted by Gasteiger charge is -2.30. The van der Waals surface area contributed by atoms with Crippen molar-refractivity contribution in [2.75, 3.05) is 18.0 Å². The quantitative estimate of drug-likeness (QED) is 0.823. The minimum atomic E-state index is -0.789. The molecule has 1 rings (SSSR count). The van der Waals surface area contributed by atoms with Crippen molar-refractivity contribution in [1.29, 1.82) is 0 Å². The molecule has 0 aliphatic heterocycles. The van der Waals surface area contributed by atoms with Gasteiger partial charge in [0.2, 0.25) is 0 Å². The molecule has 0 bridgehead atoms. The van der Waals surface area contributed by atoms with Crippen LogP contribution >= 0.6 is 11.6 Å².